The molecule has 1 aromatic carbocycles. The number of ether oxygens (including phenoxy) is 1. The summed E-state index contributed by atoms with van der Waals surface area (Å²) >= 11 is 0. The number of aromatic amines is 1. The first-order valence-electron chi connectivity index (χ1n) is 8.12. The zero-order chi connectivity index (χ0) is 17.2. The number of pyridine rings is 1. The molecule has 0 aliphatic rings. The van der Waals surface area contributed by atoms with Gasteiger partial charge >= 0.3 is 0 Å². The third-order valence-electron chi connectivity index (χ3n) is 4.12. The molecular weight excluding hydrogens is 312 g/mol. The van der Waals surface area contributed by atoms with Crippen LogP contribution in [0.2, 0.25) is 0 Å². The summed E-state index contributed by atoms with van der Waals surface area (Å²) in [5.74, 6) is 1.53. The lowest BCUT2D eigenvalue weighted by molar-refractivity contribution is 0.414. The Morgan fingerprint density at radius 3 is 2.72 bits per heavy atom. The molecule has 3 aromatic heterocycles. The van der Waals surface area contributed by atoms with E-state index in [0.29, 0.717) is 6.42 Å². The Labute approximate surface area is 145 Å². The van der Waals surface area contributed by atoms with E-state index in [1.165, 1.54) is 10.9 Å². The van der Waals surface area contributed by atoms with Crippen LogP contribution in [-0.2, 0) is 6.42 Å². The Morgan fingerprint density at radius 1 is 0.960 bits per heavy atom. The molecule has 124 valence electrons. The summed E-state index contributed by atoms with van der Waals surface area (Å²) < 4.78 is 5.26. The van der Waals surface area contributed by atoms with Gasteiger partial charge in [-0.1, -0.05) is 6.07 Å². The van der Waals surface area contributed by atoms with Crippen molar-refractivity contribution in [1.82, 2.24) is 19.9 Å². The Morgan fingerprint density at radius 2 is 1.84 bits per heavy atom. The molecule has 0 atom stereocenters. The van der Waals surface area contributed by atoms with Crippen molar-refractivity contribution in [1.29, 1.82) is 0 Å². The number of methoxy groups -OCH3 is 1. The second kappa shape index (κ2) is 6.36. The Balaban J connectivity index is 1.64. The van der Waals surface area contributed by atoms with Gasteiger partial charge in [-0.05, 0) is 48.2 Å². The van der Waals surface area contributed by atoms with E-state index in [2.05, 4.69) is 51.1 Å². The van der Waals surface area contributed by atoms with Crippen LogP contribution < -0.4 is 4.74 Å². The summed E-state index contributed by atoms with van der Waals surface area (Å²) in [6, 6.07) is 14.1. The van der Waals surface area contributed by atoms with Crippen LogP contribution in [0.3, 0.4) is 0 Å². The summed E-state index contributed by atoms with van der Waals surface area (Å²) in [7, 11) is 1.64. The third kappa shape index (κ3) is 3.21. The molecule has 0 bridgehead atoms. The zero-order valence-electron chi connectivity index (χ0n) is 14.2. The van der Waals surface area contributed by atoms with Gasteiger partial charge in [0, 0.05) is 36.1 Å². The summed E-state index contributed by atoms with van der Waals surface area (Å²) in [4.78, 5) is 16.8. The van der Waals surface area contributed by atoms with Crippen LogP contribution in [0, 0.1) is 6.92 Å². The van der Waals surface area contributed by atoms with Crippen LogP contribution in [0.1, 0.15) is 17.1 Å². The Kier molecular flexibility index (Phi) is 3.90. The number of aryl methyl sites for hydroxylation is 1. The quantitative estimate of drug-likeness (QED) is 0.616. The van der Waals surface area contributed by atoms with Crippen LogP contribution in [0.5, 0.6) is 5.75 Å². The SMILES string of the molecule is COc1ccnc(-c2ccnc(Cc3ccc4[nH]c(C)cc4c3)n2)c1. The topological polar surface area (TPSA) is 63.7 Å². The highest BCUT2D eigenvalue weighted by Gasteiger charge is 2.07. The van der Waals surface area contributed by atoms with Gasteiger partial charge in [0.25, 0.3) is 0 Å². The molecule has 5 heteroatoms. The first-order chi connectivity index (χ1) is 12.2. The van der Waals surface area contributed by atoms with Crippen molar-refractivity contribution in [3.63, 3.8) is 0 Å². The van der Waals surface area contributed by atoms with Crippen molar-refractivity contribution >= 4 is 10.9 Å². The van der Waals surface area contributed by atoms with Gasteiger partial charge in [0.05, 0.1) is 18.5 Å². The molecule has 0 aliphatic carbocycles. The van der Waals surface area contributed by atoms with E-state index in [0.717, 1.165) is 34.2 Å². The van der Waals surface area contributed by atoms with Crippen LogP contribution in [0.4, 0.5) is 0 Å². The fraction of sp³-hybridized carbons (Fsp3) is 0.150. The van der Waals surface area contributed by atoms with Crippen molar-refractivity contribution in [2.24, 2.45) is 0 Å². The number of rotatable bonds is 4. The number of fused-ring (bicyclic) bond motifs is 1. The maximum atomic E-state index is 5.26. The molecule has 0 amide bonds. The van der Waals surface area contributed by atoms with Crippen molar-refractivity contribution in [2.75, 3.05) is 7.11 Å². The molecule has 0 saturated heterocycles. The lowest BCUT2D eigenvalue weighted by atomic mass is 10.1. The smallest absolute Gasteiger partial charge is 0.133 e. The number of hydrogen-bond donors (Lipinski definition) is 1. The summed E-state index contributed by atoms with van der Waals surface area (Å²) in [5.41, 5.74) is 5.07. The fourth-order valence-corrected chi connectivity index (χ4v) is 2.92. The number of aromatic nitrogens is 4. The standard InChI is InChI=1S/C20H18N4O/c1-13-9-15-10-14(3-4-17(15)23-13)11-20-22-8-6-18(24-20)19-12-16(25-2)5-7-21-19/h3-10,12,23H,11H2,1-2H3. The summed E-state index contributed by atoms with van der Waals surface area (Å²) in [5, 5.41) is 1.21. The molecule has 25 heavy (non-hydrogen) atoms. The van der Waals surface area contributed by atoms with Crippen LogP contribution in [0.15, 0.2) is 54.9 Å². The van der Waals surface area contributed by atoms with Gasteiger partial charge in [0.1, 0.15) is 11.6 Å². The molecule has 4 aromatic rings. The molecule has 0 unspecified atom stereocenters. The average Bonchev–Trinajstić information content (AvgIpc) is 3.01. The highest BCUT2D eigenvalue weighted by molar-refractivity contribution is 5.81. The van der Waals surface area contributed by atoms with Crippen molar-refractivity contribution in [3.05, 3.63) is 71.9 Å². The molecular formula is C20H18N4O. The maximum absolute atomic E-state index is 5.26. The van der Waals surface area contributed by atoms with Gasteiger partial charge < -0.3 is 9.72 Å². The van der Waals surface area contributed by atoms with Crippen molar-refractivity contribution in [2.45, 2.75) is 13.3 Å². The molecule has 0 fully saturated rings. The van der Waals surface area contributed by atoms with E-state index in [1.54, 1.807) is 19.5 Å². The monoisotopic (exact) mass is 330 g/mol. The van der Waals surface area contributed by atoms with E-state index in [-0.39, 0.29) is 0 Å². The summed E-state index contributed by atoms with van der Waals surface area (Å²) in [6.07, 6.45) is 4.17. The highest BCUT2D eigenvalue weighted by Crippen LogP contribution is 2.21. The third-order valence-corrected chi connectivity index (χ3v) is 4.12. The predicted octanol–water partition coefficient (Wildman–Crippen LogP) is 3.93. The van der Waals surface area contributed by atoms with E-state index < -0.39 is 0 Å². The van der Waals surface area contributed by atoms with Gasteiger partial charge in [0.2, 0.25) is 0 Å². The number of nitrogens with one attached hydrogen (secondary N) is 1. The van der Waals surface area contributed by atoms with Gasteiger partial charge in [-0.15, -0.1) is 0 Å². The summed E-state index contributed by atoms with van der Waals surface area (Å²) in [6.45, 7) is 2.06. The molecule has 4 rings (SSSR count). The molecule has 0 saturated carbocycles. The van der Waals surface area contributed by atoms with Gasteiger partial charge in [-0.2, -0.15) is 0 Å². The normalized spacial score (nSPS) is 11.0. The minimum absolute atomic E-state index is 0.679. The number of benzene rings is 1. The first kappa shape index (κ1) is 15.3. The second-order valence-corrected chi connectivity index (χ2v) is 5.99. The van der Waals surface area contributed by atoms with Crippen LogP contribution in [0.25, 0.3) is 22.3 Å². The molecule has 0 radical (unpaired) electrons. The molecule has 0 aliphatic heterocycles. The second-order valence-electron chi connectivity index (χ2n) is 5.99. The Bertz CT molecular complexity index is 1040. The number of hydrogen-bond acceptors (Lipinski definition) is 4. The van der Waals surface area contributed by atoms with Crippen molar-refractivity contribution < 1.29 is 4.74 Å². The zero-order valence-corrected chi connectivity index (χ0v) is 14.2. The number of H-pyrrole nitrogens is 1. The van der Waals surface area contributed by atoms with E-state index in [4.69, 9.17) is 4.74 Å². The van der Waals surface area contributed by atoms with Crippen molar-refractivity contribution in [3.8, 4) is 17.1 Å². The Hall–Kier alpha value is -3.21. The van der Waals surface area contributed by atoms with Crippen LogP contribution >= 0.6 is 0 Å². The average molecular weight is 330 g/mol. The lowest BCUT2D eigenvalue weighted by Gasteiger charge is -2.05. The van der Waals surface area contributed by atoms with Crippen LogP contribution in [-0.4, -0.2) is 27.0 Å². The van der Waals surface area contributed by atoms with Gasteiger partial charge in [-0.25, -0.2) is 9.97 Å². The van der Waals surface area contributed by atoms with E-state index in [1.807, 2.05) is 18.2 Å². The van der Waals surface area contributed by atoms with E-state index >= 15 is 0 Å². The fourth-order valence-electron chi connectivity index (χ4n) is 2.92. The maximum Gasteiger partial charge on any atom is 0.133 e. The first-order valence-corrected chi connectivity index (χ1v) is 8.12. The lowest BCUT2D eigenvalue weighted by Crippen LogP contribution is -1.98. The highest BCUT2D eigenvalue weighted by atomic mass is 16.5. The van der Waals surface area contributed by atoms with Gasteiger partial charge in [-0.3, -0.25) is 4.98 Å². The minimum Gasteiger partial charge on any atom is -0.497 e. The molecule has 5 nitrogen and oxygen atoms in total. The minimum atomic E-state index is 0.679. The van der Waals surface area contributed by atoms with Gasteiger partial charge in [0.15, 0.2) is 0 Å². The number of nitrogens with zero attached hydrogens (tertiary/aromatic N) is 3. The van der Waals surface area contributed by atoms with E-state index in [9.17, 15) is 0 Å². The molecule has 1 N–H and O–H groups in total. The largest absolute Gasteiger partial charge is 0.497 e. The predicted molar refractivity (Wildman–Crippen MR) is 97.7 cm³/mol. The molecule has 3 heterocycles. The molecule has 0 spiro atoms.